The van der Waals surface area contributed by atoms with E-state index in [1.54, 1.807) is 31.7 Å². The van der Waals surface area contributed by atoms with Crippen molar-refractivity contribution in [2.45, 2.75) is 77.5 Å². The van der Waals surface area contributed by atoms with E-state index in [2.05, 4.69) is 15.0 Å². The molecule has 1 amide bonds. The summed E-state index contributed by atoms with van der Waals surface area (Å²) in [6.45, 7) is 7.81. The van der Waals surface area contributed by atoms with E-state index in [1.165, 1.54) is 6.20 Å². The van der Waals surface area contributed by atoms with Crippen LogP contribution in [0.3, 0.4) is 0 Å². The summed E-state index contributed by atoms with van der Waals surface area (Å²) >= 11 is 0. The first-order valence-corrected chi connectivity index (χ1v) is 10.4. The van der Waals surface area contributed by atoms with E-state index in [-0.39, 0.29) is 13.0 Å². The largest absolute Gasteiger partial charge is 0.522 e. The molecule has 1 aliphatic rings. The van der Waals surface area contributed by atoms with Crippen molar-refractivity contribution in [1.29, 1.82) is 0 Å². The number of alkyl halides is 3. The molecule has 174 valence electrons. The fraction of sp³-hybridized carbons (Fsp3) is 0.667. The SMILES string of the molecule is CCCC1C(OC(F)(F)F)Cc2cc(C=O)cnc2N1CCCNC(=O)OC(C)(C)C. The van der Waals surface area contributed by atoms with Crippen molar-refractivity contribution >= 4 is 18.2 Å². The number of amides is 1. The first-order chi connectivity index (χ1) is 14.4. The van der Waals surface area contributed by atoms with Gasteiger partial charge in [0.1, 0.15) is 11.4 Å². The minimum absolute atomic E-state index is 0.0147. The van der Waals surface area contributed by atoms with Crippen LogP contribution in [-0.4, -0.2) is 54.6 Å². The molecule has 0 aliphatic carbocycles. The Morgan fingerprint density at radius 3 is 2.65 bits per heavy atom. The maximum absolute atomic E-state index is 13.1. The second-order valence-corrected chi connectivity index (χ2v) is 8.51. The quantitative estimate of drug-likeness (QED) is 0.476. The van der Waals surface area contributed by atoms with Crippen molar-refractivity contribution in [3.8, 4) is 0 Å². The Morgan fingerprint density at radius 1 is 1.35 bits per heavy atom. The van der Waals surface area contributed by atoms with Crippen molar-refractivity contribution in [3.05, 3.63) is 23.4 Å². The van der Waals surface area contributed by atoms with E-state index < -0.39 is 30.2 Å². The van der Waals surface area contributed by atoms with Crippen LogP contribution >= 0.6 is 0 Å². The van der Waals surface area contributed by atoms with Gasteiger partial charge in [-0.25, -0.2) is 9.78 Å². The van der Waals surface area contributed by atoms with Gasteiger partial charge >= 0.3 is 12.5 Å². The molecule has 0 aromatic carbocycles. The minimum Gasteiger partial charge on any atom is -0.444 e. The molecule has 1 aliphatic heterocycles. The van der Waals surface area contributed by atoms with Crippen molar-refractivity contribution in [1.82, 2.24) is 10.3 Å². The predicted octanol–water partition coefficient (Wildman–Crippen LogP) is 4.25. The molecule has 0 spiro atoms. The fourth-order valence-electron chi connectivity index (χ4n) is 3.66. The average molecular weight is 445 g/mol. The van der Waals surface area contributed by atoms with Gasteiger partial charge in [0.25, 0.3) is 0 Å². The van der Waals surface area contributed by atoms with E-state index in [0.717, 1.165) is 0 Å². The number of alkyl carbamates (subject to hydrolysis) is 1. The summed E-state index contributed by atoms with van der Waals surface area (Å²) < 4.78 is 48.8. The molecule has 31 heavy (non-hydrogen) atoms. The molecule has 0 radical (unpaired) electrons. The maximum Gasteiger partial charge on any atom is 0.522 e. The number of anilines is 1. The number of carbonyl (C=O) groups excluding carboxylic acids is 2. The Hall–Kier alpha value is -2.36. The highest BCUT2D eigenvalue weighted by Crippen LogP contribution is 2.35. The summed E-state index contributed by atoms with van der Waals surface area (Å²) in [5.41, 5.74) is 0.209. The molecule has 0 fully saturated rings. The molecule has 2 atom stereocenters. The molecule has 10 heteroatoms. The van der Waals surface area contributed by atoms with Crippen LogP contribution in [0.15, 0.2) is 12.3 Å². The fourth-order valence-corrected chi connectivity index (χ4v) is 3.66. The number of ether oxygens (including phenoxy) is 2. The lowest BCUT2D eigenvalue weighted by Crippen LogP contribution is -2.52. The molecule has 0 saturated heterocycles. The highest BCUT2D eigenvalue weighted by atomic mass is 19.4. The monoisotopic (exact) mass is 445 g/mol. The van der Waals surface area contributed by atoms with Crippen LogP contribution < -0.4 is 10.2 Å². The van der Waals surface area contributed by atoms with E-state index in [4.69, 9.17) is 4.74 Å². The number of aldehydes is 1. The molecule has 1 aromatic heterocycles. The Bertz CT molecular complexity index is 765. The molecule has 1 N–H and O–H groups in total. The second kappa shape index (κ2) is 10.3. The third kappa shape index (κ3) is 7.68. The van der Waals surface area contributed by atoms with Gasteiger partial charge < -0.3 is 15.0 Å². The molecule has 2 heterocycles. The highest BCUT2D eigenvalue weighted by molar-refractivity contribution is 5.75. The van der Waals surface area contributed by atoms with Gasteiger partial charge in [-0.15, -0.1) is 13.2 Å². The van der Waals surface area contributed by atoms with Gasteiger partial charge in [0, 0.05) is 31.3 Å². The van der Waals surface area contributed by atoms with Gasteiger partial charge in [0.05, 0.1) is 12.1 Å². The van der Waals surface area contributed by atoms with Crippen LogP contribution in [0.5, 0.6) is 0 Å². The zero-order chi connectivity index (χ0) is 23.2. The molecule has 2 rings (SSSR count). The van der Waals surface area contributed by atoms with Gasteiger partial charge in [-0.05, 0) is 45.2 Å². The first-order valence-electron chi connectivity index (χ1n) is 10.4. The third-order valence-electron chi connectivity index (χ3n) is 4.74. The van der Waals surface area contributed by atoms with Gasteiger partial charge in [-0.2, -0.15) is 0 Å². The lowest BCUT2D eigenvalue weighted by atomic mass is 9.91. The number of nitrogens with zero attached hydrogens (tertiary/aromatic N) is 2. The van der Waals surface area contributed by atoms with Crippen LogP contribution in [-0.2, 0) is 15.9 Å². The Kier molecular flexibility index (Phi) is 8.27. The van der Waals surface area contributed by atoms with Gasteiger partial charge in [-0.3, -0.25) is 9.53 Å². The van der Waals surface area contributed by atoms with Gasteiger partial charge in [0.15, 0.2) is 6.29 Å². The first kappa shape index (κ1) is 24.9. The zero-order valence-corrected chi connectivity index (χ0v) is 18.3. The Balaban J connectivity index is 2.18. The molecular formula is C21H30F3N3O4. The van der Waals surface area contributed by atoms with Crippen LogP contribution in [0.25, 0.3) is 0 Å². The second-order valence-electron chi connectivity index (χ2n) is 8.51. The maximum atomic E-state index is 13.1. The van der Waals surface area contributed by atoms with Crippen molar-refractivity contribution < 1.29 is 32.2 Å². The molecule has 2 unspecified atom stereocenters. The number of hydrogen-bond acceptors (Lipinski definition) is 6. The summed E-state index contributed by atoms with van der Waals surface area (Å²) in [5.74, 6) is 0.545. The van der Waals surface area contributed by atoms with Gasteiger partial charge in [0.2, 0.25) is 0 Å². The predicted molar refractivity (Wildman–Crippen MR) is 109 cm³/mol. The van der Waals surface area contributed by atoms with Crippen LogP contribution in [0.2, 0.25) is 0 Å². The molecule has 1 aromatic rings. The number of carbonyl (C=O) groups is 2. The summed E-state index contributed by atoms with van der Waals surface area (Å²) in [6, 6.07) is 1.02. The van der Waals surface area contributed by atoms with E-state index in [0.29, 0.717) is 49.0 Å². The molecular weight excluding hydrogens is 415 g/mol. The van der Waals surface area contributed by atoms with Crippen molar-refractivity contribution in [2.75, 3.05) is 18.0 Å². The third-order valence-corrected chi connectivity index (χ3v) is 4.74. The van der Waals surface area contributed by atoms with Crippen molar-refractivity contribution in [2.24, 2.45) is 0 Å². The highest BCUT2D eigenvalue weighted by Gasteiger charge is 2.42. The van der Waals surface area contributed by atoms with E-state index >= 15 is 0 Å². The summed E-state index contributed by atoms with van der Waals surface area (Å²) in [6.07, 6.45) is -2.79. The van der Waals surface area contributed by atoms with Crippen molar-refractivity contribution in [3.63, 3.8) is 0 Å². The van der Waals surface area contributed by atoms with E-state index in [1.807, 2.05) is 6.92 Å². The number of aromatic nitrogens is 1. The smallest absolute Gasteiger partial charge is 0.444 e. The summed E-state index contributed by atoms with van der Waals surface area (Å²) in [4.78, 5) is 29.1. The normalized spacial score (nSPS) is 19.0. The van der Waals surface area contributed by atoms with Crippen LogP contribution in [0.1, 0.15) is 62.9 Å². The molecule has 0 bridgehead atoms. The number of rotatable bonds is 8. The molecule has 0 saturated carbocycles. The molecule has 7 nitrogen and oxygen atoms in total. The average Bonchev–Trinajstić information content (AvgIpc) is 2.63. The number of fused-ring (bicyclic) bond motifs is 1. The number of halogens is 3. The minimum atomic E-state index is -4.77. The standard InChI is InChI=1S/C21H30F3N3O4/c1-5-7-16-17(30-21(22,23)24)11-15-10-14(13-28)12-26-18(15)27(16)9-6-8-25-19(29)31-20(2,3)4/h10,12-13,16-17H,5-9,11H2,1-4H3,(H,25,29). The van der Waals surface area contributed by atoms with Gasteiger partial charge in [-0.1, -0.05) is 13.3 Å². The van der Waals surface area contributed by atoms with Crippen LogP contribution in [0, 0.1) is 0 Å². The number of pyridine rings is 1. The number of nitrogens with one attached hydrogen (secondary N) is 1. The summed E-state index contributed by atoms with van der Waals surface area (Å²) in [5, 5.41) is 2.65. The Labute approximate surface area is 180 Å². The Morgan fingerprint density at radius 2 is 2.06 bits per heavy atom. The number of hydrogen-bond donors (Lipinski definition) is 1. The zero-order valence-electron chi connectivity index (χ0n) is 18.3. The van der Waals surface area contributed by atoms with E-state index in [9.17, 15) is 22.8 Å². The van der Waals surface area contributed by atoms with Crippen LogP contribution in [0.4, 0.5) is 23.8 Å². The topological polar surface area (TPSA) is 80.8 Å². The lowest BCUT2D eigenvalue weighted by molar-refractivity contribution is -0.345. The lowest BCUT2D eigenvalue weighted by Gasteiger charge is -2.43. The summed E-state index contributed by atoms with van der Waals surface area (Å²) in [7, 11) is 0.